The zero-order valence-corrected chi connectivity index (χ0v) is 10.1. The first-order chi connectivity index (χ1) is 7.13. The highest BCUT2D eigenvalue weighted by atomic mass is 16.2. The van der Waals surface area contributed by atoms with E-state index in [-0.39, 0.29) is 5.91 Å². The average molecular weight is 213 g/mol. The standard InChI is InChI=1S/C11H23N3O/c1-4-12-7-11(15)14(3)9-10-5-6-13(2)8-10/h10,12H,4-9H2,1-3H3. The number of nitrogens with zero attached hydrogens (tertiary/aromatic N) is 2. The molecule has 4 nitrogen and oxygen atoms in total. The highest BCUT2D eigenvalue weighted by Crippen LogP contribution is 2.14. The van der Waals surface area contributed by atoms with Gasteiger partial charge in [-0.1, -0.05) is 6.92 Å². The van der Waals surface area contributed by atoms with Gasteiger partial charge in [-0.2, -0.15) is 0 Å². The molecule has 1 saturated heterocycles. The summed E-state index contributed by atoms with van der Waals surface area (Å²) in [6.07, 6.45) is 1.22. The van der Waals surface area contributed by atoms with Crippen molar-refractivity contribution in [2.24, 2.45) is 5.92 Å². The molecule has 0 aliphatic carbocycles. The lowest BCUT2D eigenvalue weighted by Gasteiger charge is -2.21. The molecule has 0 spiro atoms. The minimum atomic E-state index is 0.200. The second-order valence-electron chi connectivity index (χ2n) is 4.47. The summed E-state index contributed by atoms with van der Waals surface area (Å²) < 4.78 is 0. The molecule has 0 aromatic heterocycles. The number of rotatable bonds is 5. The van der Waals surface area contributed by atoms with E-state index in [1.807, 2.05) is 18.9 Å². The van der Waals surface area contributed by atoms with Gasteiger partial charge in [-0.05, 0) is 32.5 Å². The van der Waals surface area contributed by atoms with Crippen LogP contribution < -0.4 is 5.32 Å². The normalized spacial score (nSPS) is 21.9. The number of amides is 1. The SMILES string of the molecule is CCNCC(=O)N(C)CC1CCN(C)C1. The number of likely N-dealkylation sites (tertiary alicyclic amines) is 1. The van der Waals surface area contributed by atoms with E-state index in [0.717, 1.165) is 19.6 Å². The van der Waals surface area contributed by atoms with Crippen LogP contribution in [0.15, 0.2) is 0 Å². The predicted molar refractivity (Wildman–Crippen MR) is 61.8 cm³/mol. The van der Waals surface area contributed by atoms with Gasteiger partial charge in [0.15, 0.2) is 0 Å². The summed E-state index contributed by atoms with van der Waals surface area (Å²) in [5.41, 5.74) is 0. The Morgan fingerprint density at radius 3 is 2.87 bits per heavy atom. The summed E-state index contributed by atoms with van der Waals surface area (Å²) in [4.78, 5) is 15.8. The largest absolute Gasteiger partial charge is 0.344 e. The summed E-state index contributed by atoms with van der Waals surface area (Å²) >= 11 is 0. The van der Waals surface area contributed by atoms with Gasteiger partial charge in [0.25, 0.3) is 0 Å². The van der Waals surface area contributed by atoms with Crippen molar-refractivity contribution in [2.75, 3.05) is 46.8 Å². The first kappa shape index (κ1) is 12.5. The van der Waals surface area contributed by atoms with Gasteiger partial charge >= 0.3 is 0 Å². The van der Waals surface area contributed by atoms with E-state index in [0.29, 0.717) is 12.5 Å². The molecule has 1 unspecified atom stereocenters. The molecule has 0 aromatic carbocycles. The molecule has 1 aliphatic rings. The van der Waals surface area contributed by atoms with E-state index >= 15 is 0 Å². The second kappa shape index (κ2) is 6.08. The lowest BCUT2D eigenvalue weighted by atomic mass is 10.1. The lowest BCUT2D eigenvalue weighted by Crippen LogP contribution is -2.38. The molecule has 1 fully saturated rings. The van der Waals surface area contributed by atoms with E-state index < -0.39 is 0 Å². The molecule has 0 radical (unpaired) electrons. The predicted octanol–water partition coefficient (Wildman–Crippen LogP) is 0.00600. The van der Waals surface area contributed by atoms with Crippen LogP contribution in [0.3, 0.4) is 0 Å². The van der Waals surface area contributed by atoms with Crippen LogP contribution in [-0.2, 0) is 4.79 Å². The maximum absolute atomic E-state index is 11.6. The molecule has 1 amide bonds. The minimum absolute atomic E-state index is 0.200. The molecular weight excluding hydrogens is 190 g/mol. The summed E-state index contributed by atoms with van der Waals surface area (Å²) in [5, 5.41) is 3.06. The summed E-state index contributed by atoms with van der Waals surface area (Å²) in [5.74, 6) is 0.858. The molecular formula is C11H23N3O. The number of likely N-dealkylation sites (N-methyl/N-ethyl adjacent to an activating group) is 2. The highest BCUT2D eigenvalue weighted by molar-refractivity contribution is 5.77. The summed E-state index contributed by atoms with van der Waals surface area (Å²) in [6, 6.07) is 0. The Hall–Kier alpha value is -0.610. The second-order valence-corrected chi connectivity index (χ2v) is 4.47. The van der Waals surface area contributed by atoms with E-state index in [4.69, 9.17) is 0 Å². The van der Waals surface area contributed by atoms with Crippen LogP contribution in [0.5, 0.6) is 0 Å². The van der Waals surface area contributed by atoms with Gasteiger partial charge in [0.1, 0.15) is 0 Å². The van der Waals surface area contributed by atoms with Gasteiger partial charge in [0, 0.05) is 20.1 Å². The Kier molecular flexibility index (Phi) is 5.05. The minimum Gasteiger partial charge on any atom is -0.344 e. The quantitative estimate of drug-likeness (QED) is 0.698. The van der Waals surface area contributed by atoms with Crippen LogP contribution in [0.4, 0.5) is 0 Å². The Morgan fingerprint density at radius 2 is 2.33 bits per heavy atom. The van der Waals surface area contributed by atoms with Gasteiger partial charge in [-0.15, -0.1) is 0 Å². The van der Waals surface area contributed by atoms with E-state index in [2.05, 4.69) is 17.3 Å². The molecule has 88 valence electrons. The molecule has 1 atom stereocenters. The third-order valence-electron chi connectivity index (χ3n) is 2.97. The van der Waals surface area contributed by atoms with Crippen molar-refractivity contribution in [1.29, 1.82) is 0 Å². The van der Waals surface area contributed by atoms with E-state index in [9.17, 15) is 4.79 Å². The molecule has 1 heterocycles. The number of nitrogens with one attached hydrogen (secondary N) is 1. The Balaban J connectivity index is 2.22. The molecule has 4 heteroatoms. The monoisotopic (exact) mass is 213 g/mol. The van der Waals surface area contributed by atoms with Crippen molar-refractivity contribution in [3.8, 4) is 0 Å². The van der Waals surface area contributed by atoms with Crippen LogP contribution in [0.2, 0.25) is 0 Å². The van der Waals surface area contributed by atoms with Crippen LogP contribution >= 0.6 is 0 Å². The lowest BCUT2D eigenvalue weighted by molar-refractivity contribution is -0.129. The van der Waals surface area contributed by atoms with Gasteiger partial charge in [-0.25, -0.2) is 0 Å². The molecule has 0 saturated carbocycles. The van der Waals surface area contributed by atoms with Gasteiger partial charge in [0.05, 0.1) is 6.54 Å². The average Bonchev–Trinajstić information content (AvgIpc) is 2.60. The van der Waals surface area contributed by atoms with E-state index in [1.165, 1.54) is 13.0 Å². The van der Waals surface area contributed by atoms with Crippen molar-refractivity contribution < 1.29 is 4.79 Å². The fraction of sp³-hybridized carbons (Fsp3) is 0.909. The topological polar surface area (TPSA) is 35.6 Å². The third kappa shape index (κ3) is 4.18. The Bertz CT molecular complexity index is 208. The van der Waals surface area contributed by atoms with Crippen molar-refractivity contribution in [2.45, 2.75) is 13.3 Å². The van der Waals surface area contributed by atoms with Crippen molar-refractivity contribution in [3.05, 3.63) is 0 Å². The highest BCUT2D eigenvalue weighted by Gasteiger charge is 2.22. The van der Waals surface area contributed by atoms with Crippen molar-refractivity contribution >= 4 is 5.91 Å². The van der Waals surface area contributed by atoms with Crippen LogP contribution in [0.1, 0.15) is 13.3 Å². The smallest absolute Gasteiger partial charge is 0.236 e. The zero-order chi connectivity index (χ0) is 11.3. The molecule has 1 N–H and O–H groups in total. The van der Waals surface area contributed by atoms with E-state index in [1.54, 1.807) is 0 Å². The first-order valence-corrected chi connectivity index (χ1v) is 5.76. The molecule has 0 bridgehead atoms. The van der Waals surface area contributed by atoms with Crippen LogP contribution in [0.25, 0.3) is 0 Å². The Morgan fingerprint density at radius 1 is 1.60 bits per heavy atom. The van der Waals surface area contributed by atoms with Crippen LogP contribution in [0, 0.1) is 5.92 Å². The summed E-state index contributed by atoms with van der Waals surface area (Å²) in [6.45, 7) is 6.52. The number of hydrogen-bond donors (Lipinski definition) is 1. The van der Waals surface area contributed by atoms with Crippen molar-refractivity contribution in [1.82, 2.24) is 15.1 Å². The molecule has 1 aliphatic heterocycles. The van der Waals surface area contributed by atoms with Crippen LogP contribution in [-0.4, -0.2) is 62.5 Å². The maximum Gasteiger partial charge on any atom is 0.236 e. The fourth-order valence-corrected chi connectivity index (χ4v) is 2.03. The number of carbonyl (C=O) groups is 1. The van der Waals surface area contributed by atoms with Gasteiger partial charge < -0.3 is 15.1 Å². The molecule has 15 heavy (non-hydrogen) atoms. The fourth-order valence-electron chi connectivity index (χ4n) is 2.03. The zero-order valence-electron chi connectivity index (χ0n) is 10.1. The number of hydrogen-bond acceptors (Lipinski definition) is 3. The maximum atomic E-state index is 11.6. The van der Waals surface area contributed by atoms with Gasteiger partial charge in [-0.3, -0.25) is 4.79 Å². The first-order valence-electron chi connectivity index (χ1n) is 5.76. The molecule has 0 aromatic rings. The van der Waals surface area contributed by atoms with Crippen molar-refractivity contribution in [3.63, 3.8) is 0 Å². The molecule has 1 rings (SSSR count). The summed E-state index contributed by atoms with van der Waals surface area (Å²) in [7, 11) is 4.04. The number of carbonyl (C=O) groups excluding carboxylic acids is 1. The third-order valence-corrected chi connectivity index (χ3v) is 2.97. The van der Waals surface area contributed by atoms with Gasteiger partial charge in [0.2, 0.25) is 5.91 Å². The Labute approximate surface area is 92.6 Å².